The van der Waals surface area contributed by atoms with Gasteiger partial charge in [0.2, 0.25) is 6.10 Å². The first-order valence-corrected chi connectivity index (χ1v) is 9.74. The average molecular weight is 460 g/mol. The number of rotatable bonds is 6. The topological polar surface area (TPSA) is 48.4 Å². The summed E-state index contributed by atoms with van der Waals surface area (Å²) in [6, 6.07) is 11.1. The van der Waals surface area contributed by atoms with E-state index < -0.39 is 41.2 Å². The molecule has 1 heterocycles. The van der Waals surface area contributed by atoms with Crippen LogP contribution in [0.4, 0.5) is 13.2 Å². The molecule has 0 saturated heterocycles. The molecule has 1 fully saturated rings. The first kappa shape index (κ1) is 22.4. The lowest BCUT2D eigenvalue weighted by molar-refractivity contribution is -0.226. The summed E-state index contributed by atoms with van der Waals surface area (Å²) < 4.78 is 51.5. The molecule has 1 saturated carbocycles. The van der Waals surface area contributed by atoms with Gasteiger partial charge in [-0.3, -0.25) is 9.78 Å². The second kappa shape index (κ2) is 8.47. The van der Waals surface area contributed by atoms with Gasteiger partial charge >= 0.3 is 12.1 Å². The molecule has 1 aliphatic rings. The van der Waals surface area contributed by atoms with Crippen molar-refractivity contribution in [3.63, 3.8) is 0 Å². The summed E-state index contributed by atoms with van der Waals surface area (Å²) in [5, 5.41) is 0. The number of carbonyl (C=O) groups is 1. The molecule has 30 heavy (non-hydrogen) atoms. The highest BCUT2D eigenvalue weighted by Crippen LogP contribution is 2.60. The van der Waals surface area contributed by atoms with Crippen LogP contribution in [0.1, 0.15) is 25.6 Å². The van der Waals surface area contributed by atoms with E-state index in [4.69, 9.17) is 32.7 Å². The molecule has 160 valence electrons. The molecule has 1 aromatic carbocycles. The van der Waals surface area contributed by atoms with Crippen LogP contribution in [-0.4, -0.2) is 17.1 Å². The van der Waals surface area contributed by atoms with Crippen molar-refractivity contribution >= 4 is 29.2 Å². The van der Waals surface area contributed by atoms with E-state index >= 15 is 0 Å². The minimum absolute atomic E-state index is 0.0526. The Morgan fingerprint density at radius 1 is 1.17 bits per heavy atom. The summed E-state index contributed by atoms with van der Waals surface area (Å²) in [5.74, 6) is -1.61. The lowest BCUT2D eigenvalue weighted by Crippen LogP contribution is -2.28. The Balaban J connectivity index is 1.81. The fraction of sp³-hybridized carbons (Fsp3) is 0.333. The van der Waals surface area contributed by atoms with E-state index in [-0.39, 0.29) is 10.2 Å². The number of aromatic nitrogens is 1. The van der Waals surface area contributed by atoms with Gasteiger partial charge in [0.05, 0.1) is 11.6 Å². The molecule has 1 aliphatic carbocycles. The average Bonchev–Trinajstić information content (AvgIpc) is 3.19. The molecule has 2 aromatic rings. The number of carbonyl (C=O) groups excluding carboxylic acids is 1. The molecule has 0 aliphatic heterocycles. The van der Waals surface area contributed by atoms with Crippen LogP contribution in [-0.2, 0) is 9.53 Å². The Morgan fingerprint density at radius 2 is 1.83 bits per heavy atom. The number of pyridine rings is 1. The smallest absolute Gasteiger partial charge is 0.431 e. The predicted molar refractivity (Wildman–Crippen MR) is 106 cm³/mol. The molecule has 3 atom stereocenters. The molecule has 0 N–H and O–H groups in total. The van der Waals surface area contributed by atoms with Gasteiger partial charge in [-0.25, -0.2) is 0 Å². The number of ether oxygens (including phenoxy) is 2. The maximum atomic E-state index is 13.7. The Labute approximate surface area is 181 Å². The molecular formula is C21H18Cl2F3NO3. The fourth-order valence-corrected chi connectivity index (χ4v) is 3.59. The number of para-hydroxylation sites is 1. The summed E-state index contributed by atoms with van der Waals surface area (Å²) in [6.07, 6.45) is -4.79. The van der Waals surface area contributed by atoms with Gasteiger partial charge in [0.15, 0.2) is 0 Å². The number of hydrogen-bond donors (Lipinski definition) is 0. The second-order valence-corrected chi connectivity index (χ2v) is 8.48. The van der Waals surface area contributed by atoms with Gasteiger partial charge in [0.1, 0.15) is 16.0 Å². The summed E-state index contributed by atoms with van der Waals surface area (Å²) in [5.41, 5.74) is -1.10. The Kier molecular flexibility index (Phi) is 6.34. The van der Waals surface area contributed by atoms with E-state index in [0.29, 0.717) is 5.75 Å². The van der Waals surface area contributed by atoms with Crippen molar-refractivity contribution < 1.29 is 27.4 Å². The third-order valence-electron chi connectivity index (χ3n) is 5.00. The molecule has 1 unspecified atom stereocenters. The standard InChI is InChI=1S/C21H18Cl2F3NO3/c1-20(2)14(11-16(22)23)17(20)19(28)30-18(21(24,25)26)15-10-13(8-9-27-15)29-12-6-4-3-5-7-12/h3-11,14,17-18H,1-2H3/t14-,17-,18?/m1/s1. The van der Waals surface area contributed by atoms with Crippen LogP contribution < -0.4 is 4.74 Å². The normalized spacial score (nSPS) is 20.8. The molecule has 0 amide bonds. The van der Waals surface area contributed by atoms with Crippen LogP contribution in [0.5, 0.6) is 11.5 Å². The van der Waals surface area contributed by atoms with E-state index in [2.05, 4.69) is 4.98 Å². The Hall–Kier alpha value is -2.25. The number of alkyl halides is 3. The van der Waals surface area contributed by atoms with Gasteiger partial charge in [0.25, 0.3) is 0 Å². The molecule has 1 aromatic heterocycles. The Bertz CT molecular complexity index is 944. The first-order chi connectivity index (χ1) is 14.0. The molecule has 9 heteroatoms. The zero-order chi connectivity index (χ0) is 22.1. The highest BCUT2D eigenvalue weighted by atomic mass is 35.5. The quantitative estimate of drug-likeness (QED) is 0.455. The monoisotopic (exact) mass is 459 g/mol. The lowest BCUT2D eigenvalue weighted by Gasteiger charge is -2.21. The number of esters is 1. The summed E-state index contributed by atoms with van der Waals surface area (Å²) >= 11 is 11.3. The highest BCUT2D eigenvalue weighted by molar-refractivity contribution is 6.55. The molecule has 4 nitrogen and oxygen atoms in total. The van der Waals surface area contributed by atoms with Gasteiger partial charge in [-0.2, -0.15) is 13.2 Å². The number of hydrogen-bond acceptors (Lipinski definition) is 4. The molecule has 0 radical (unpaired) electrons. The number of halogens is 5. The number of nitrogens with zero attached hydrogens (tertiary/aromatic N) is 1. The van der Waals surface area contributed by atoms with Crippen molar-refractivity contribution in [3.05, 3.63) is 64.9 Å². The molecule has 0 spiro atoms. The van der Waals surface area contributed by atoms with Crippen LogP contribution in [0, 0.1) is 17.3 Å². The van der Waals surface area contributed by atoms with E-state index in [0.717, 1.165) is 6.07 Å². The van der Waals surface area contributed by atoms with Gasteiger partial charge in [-0.15, -0.1) is 0 Å². The van der Waals surface area contributed by atoms with Crippen LogP contribution in [0.2, 0.25) is 0 Å². The minimum Gasteiger partial charge on any atom is -0.457 e. The maximum absolute atomic E-state index is 13.7. The van der Waals surface area contributed by atoms with E-state index in [9.17, 15) is 18.0 Å². The molecular weight excluding hydrogens is 442 g/mol. The summed E-state index contributed by atoms with van der Waals surface area (Å²) in [7, 11) is 0. The van der Waals surface area contributed by atoms with Gasteiger partial charge in [0, 0.05) is 12.3 Å². The van der Waals surface area contributed by atoms with Gasteiger partial charge in [-0.1, -0.05) is 55.2 Å². The number of allylic oxidation sites excluding steroid dienone is 1. The zero-order valence-corrected chi connectivity index (χ0v) is 17.5. The van der Waals surface area contributed by atoms with E-state index in [1.165, 1.54) is 18.3 Å². The largest absolute Gasteiger partial charge is 0.457 e. The molecule has 0 bridgehead atoms. The van der Waals surface area contributed by atoms with E-state index in [1.807, 2.05) is 0 Å². The number of benzene rings is 1. The summed E-state index contributed by atoms with van der Waals surface area (Å²) in [6.45, 7) is 3.46. The van der Waals surface area contributed by atoms with Crippen molar-refractivity contribution in [1.82, 2.24) is 4.98 Å². The zero-order valence-electron chi connectivity index (χ0n) is 16.0. The van der Waals surface area contributed by atoms with Crippen molar-refractivity contribution in [2.45, 2.75) is 26.1 Å². The third-order valence-corrected chi connectivity index (χ3v) is 5.25. The maximum Gasteiger partial charge on any atom is 0.431 e. The van der Waals surface area contributed by atoms with Crippen molar-refractivity contribution in [2.24, 2.45) is 17.3 Å². The van der Waals surface area contributed by atoms with Crippen molar-refractivity contribution in [3.8, 4) is 11.5 Å². The SMILES string of the molecule is CC1(C)[C@H](C=C(Cl)Cl)[C@@H]1C(=O)OC(c1cc(Oc2ccccc2)ccn1)C(F)(F)F. The highest BCUT2D eigenvalue weighted by Gasteiger charge is 2.62. The third kappa shape index (κ3) is 5.08. The van der Waals surface area contributed by atoms with Crippen LogP contribution in [0.3, 0.4) is 0 Å². The van der Waals surface area contributed by atoms with E-state index in [1.54, 1.807) is 44.2 Å². The van der Waals surface area contributed by atoms with Crippen LogP contribution in [0.15, 0.2) is 59.2 Å². The van der Waals surface area contributed by atoms with Gasteiger partial charge in [-0.05, 0) is 35.6 Å². The lowest BCUT2D eigenvalue weighted by atomic mass is 10.1. The Morgan fingerprint density at radius 3 is 2.43 bits per heavy atom. The van der Waals surface area contributed by atoms with Gasteiger partial charge < -0.3 is 9.47 Å². The van der Waals surface area contributed by atoms with Crippen molar-refractivity contribution in [2.75, 3.05) is 0 Å². The van der Waals surface area contributed by atoms with Crippen molar-refractivity contribution in [1.29, 1.82) is 0 Å². The van der Waals surface area contributed by atoms with Crippen LogP contribution >= 0.6 is 23.2 Å². The first-order valence-electron chi connectivity index (χ1n) is 8.99. The second-order valence-electron chi connectivity index (χ2n) is 7.47. The minimum atomic E-state index is -4.86. The summed E-state index contributed by atoms with van der Waals surface area (Å²) in [4.78, 5) is 16.3. The fourth-order valence-electron chi connectivity index (χ4n) is 3.32. The van der Waals surface area contributed by atoms with Crippen LogP contribution in [0.25, 0.3) is 0 Å². The molecule has 3 rings (SSSR count). The predicted octanol–water partition coefficient (Wildman–Crippen LogP) is 6.61.